The molecule has 0 aromatic heterocycles. The highest BCUT2D eigenvalue weighted by Crippen LogP contribution is 2.15. The lowest BCUT2D eigenvalue weighted by Crippen LogP contribution is -2.36. The largest absolute Gasteiger partial charge is 0.392 e. The molecule has 1 rings (SSSR count). The minimum atomic E-state index is -0.275. The van der Waals surface area contributed by atoms with E-state index < -0.39 is 0 Å². The van der Waals surface area contributed by atoms with Gasteiger partial charge in [0.25, 0.3) is 0 Å². The summed E-state index contributed by atoms with van der Waals surface area (Å²) in [6, 6.07) is 7.01. The molecule has 96 valence electrons. The molecule has 0 aliphatic rings. The maximum absolute atomic E-state index is 9.53. The third-order valence-corrected chi connectivity index (χ3v) is 3.11. The van der Waals surface area contributed by atoms with Crippen LogP contribution in [0.2, 0.25) is 0 Å². The maximum atomic E-state index is 9.53. The van der Waals surface area contributed by atoms with Gasteiger partial charge < -0.3 is 5.11 Å². The zero-order chi connectivity index (χ0) is 13.0. The number of aryl methyl sites for hydroxylation is 2. The zero-order valence-electron chi connectivity index (χ0n) is 11.7. The van der Waals surface area contributed by atoms with E-state index in [4.69, 9.17) is 0 Å². The van der Waals surface area contributed by atoms with Crippen LogP contribution in [0.3, 0.4) is 0 Å². The van der Waals surface area contributed by atoms with E-state index >= 15 is 0 Å². The van der Waals surface area contributed by atoms with Gasteiger partial charge in [-0.15, -0.1) is 0 Å². The normalized spacial score (nSPS) is 13.4. The van der Waals surface area contributed by atoms with E-state index in [1.165, 1.54) is 16.7 Å². The molecule has 0 amide bonds. The zero-order valence-corrected chi connectivity index (χ0v) is 11.7. The third-order valence-electron chi connectivity index (χ3n) is 3.11. The predicted molar refractivity (Wildman–Crippen MR) is 73.1 cm³/mol. The lowest BCUT2D eigenvalue weighted by atomic mass is 10.0. The Bertz CT molecular complexity index is 358. The van der Waals surface area contributed by atoms with Gasteiger partial charge in [0.1, 0.15) is 0 Å². The van der Waals surface area contributed by atoms with Gasteiger partial charge in [0.15, 0.2) is 0 Å². The van der Waals surface area contributed by atoms with Crippen molar-refractivity contribution in [1.29, 1.82) is 0 Å². The van der Waals surface area contributed by atoms with Gasteiger partial charge >= 0.3 is 0 Å². The molecular weight excluding hydrogens is 210 g/mol. The molecule has 17 heavy (non-hydrogen) atoms. The number of hydrogen-bond donors (Lipinski definition) is 1. The molecule has 0 saturated carbocycles. The van der Waals surface area contributed by atoms with Crippen LogP contribution in [0.15, 0.2) is 18.2 Å². The van der Waals surface area contributed by atoms with Crippen LogP contribution in [0.1, 0.15) is 37.5 Å². The quantitative estimate of drug-likeness (QED) is 0.848. The number of nitrogens with zero attached hydrogens (tertiary/aromatic N) is 1. The number of benzene rings is 1. The summed E-state index contributed by atoms with van der Waals surface area (Å²) in [6.45, 7) is 12.1. The highest BCUT2D eigenvalue weighted by molar-refractivity contribution is 5.30. The Morgan fingerprint density at radius 2 is 1.82 bits per heavy atom. The van der Waals surface area contributed by atoms with Crippen molar-refractivity contribution >= 4 is 0 Å². The molecule has 2 nitrogen and oxygen atoms in total. The molecule has 0 aliphatic heterocycles. The molecule has 1 N–H and O–H groups in total. The fraction of sp³-hybridized carbons (Fsp3) is 0.600. The second-order valence-electron chi connectivity index (χ2n) is 5.30. The molecule has 0 saturated heterocycles. The Morgan fingerprint density at radius 3 is 2.35 bits per heavy atom. The van der Waals surface area contributed by atoms with Crippen LogP contribution in [0.4, 0.5) is 0 Å². The van der Waals surface area contributed by atoms with Gasteiger partial charge in [-0.3, -0.25) is 4.90 Å². The molecule has 0 heterocycles. The summed E-state index contributed by atoms with van der Waals surface area (Å²) in [5.74, 6) is 0. The Balaban J connectivity index is 2.81. The highest BCUT2D eigenvalue weighted by Gasteiger charge is 2.13. The number of aliphatic hydroxyl groups is 1. The van der Waals surface area contributed by atoms with Crippen LogP contribution in [0.5, 0.6) is 0 Å². The summed E-state index contributed by atoms with van der Waals surface area (Å²) in [5, 5.41) is 9.53. The number of aliphatic hydroxyl groups excluding tert-OH is 1. The van der Waals surface area contributed by atoms with E-state index in [0.29, 0.717) is 6.04 Å². The fourth-order valence-electron chi connectivity index (χ4n) is 1.99. The molecule has 0 spiro atoms. The van der Waals surface area contributed by atoms with Crippen molar-refractivity contribution in [2.24, 2.45) is 0 Å². The van der Waals surface area contributed by atoms with E-state index in [9.17, 15) is 5.11 Å². The molecule has 1 unspecified atom stereocenters. The first-order valence-electron chi connectivity index (χ1n) is 6.38. The van der Waals surface area contributed by atoms with Crippen molar-refractivity contribution in [3.05, 3.63) is 34.9 Å². The van der Waals surface area contributed by atoms with Gasteiger partial charge in [-0.05, 0) is 45.7 Å². The first-order chi connectivity index (χ1) is 7.90. The number of rotatable bonds is 5. The molecule has 0 radical (unpaired) electrons. The molecule has 0 fully saturated rings. The standard InChI is InChI=1S/C15H25NO/c1-11(2)16(9-14(5)17)10-15-8-12(3)6-7-13(15)4/h6-8,11,14,17H,9-10H2,1-5H3. The average molecular weight is 235 g/mol. The monoisotopic (exact) mass is 235 g/mol. The molecule has 1 atom stereocenters. The highest BCUT2D eigenvalue weighted by atomic mass is 16.3. The van der Waals surface area contributed by atoms with E-state index in [-0.39, 0.29) is 6.10 Å². The Labute approximate surface area is 105 Å². The van der Waals surface area contributed by atoms with Crippen molar-refractivity contribution in [1.82, 2.24) is 4.90 Å². The molecule has 0 bridgehead atoms. The second kappa shape index (κ2) is 6.18. The van der Waals surface area contributed by atoms with E-state index in [0.717, 1.165) is 13.1 Å². The predicted octanol–water partition coefficient (Wildman–Crippen LogP) is 2.89. The first kappa shape index (κ1) is 14.2. The van der Waals surface area contributed by atoms with Crippen LogP contribution in [0, 0.1) is 13.8 Å². The molecule has 0 aliphatic carbocycles. The molecule has 1 aromatic carbocycles. The summed E-state index contributed by atoms with van der Waals surface area (Å²) in [5.41, 5.74) is 3.98. The van der Waals surface area contributed by atoms with Gasteiger partial charge in [0, 0.05) is 19.1 Å². The minimum absolute atomic E-state index is 0.275. The molecular formula is C15H25NO. The smallest absolute Gasteiger partial charge is 0.0639 e. The van der Waals surface area contributed by atoms with E-state index in [2.05, 4.69) is 50.8 Å². The van der Waals surface area contributed by atoms with Crippen molar-refractivity contribution in [3.63, 3.8) is 0 Å². The van der Waals surface area contributed by atoms with Crippen LogP contribution in [-0.4, -0.2) is 28.7 Å². The van der Waals surface area contributed by atoms with Crippen molar-refractivity contribution in [2.75, 3.05) is 6.54 Å². The van der Waals surface area contributed by atoms with Crippen LogP contribution in [-0.2, 0) is 6.54 Å². The van der Waals surface area contributed by atoms with Crippen LogP contribution >= 0.6 is 0 Å². The summed E-state index contributed by atoms with van der Waals surface area (Å²) in [7, 11) is 0. The second-order valence-corrected chi connectivity index (χ2v) is 5.30. The lowest BCUT2D eigenvalue weighted by Gasteiger charge is -2.28. The van der Waals surface area contributed by atoms with Gasteiger partial charge in [0.2, 0.25) is 0 Å². The average Bonchev–Trinajstić information content (AvgIpc) is 2.21. The topological polar surface area (TPSA) is 23.5 Å². The maximum Gasteiger partial charge on any atom is 0.0639 e. The summed E-state index contributed by atoms with van der Waals surface area (Å²) in [6.07, 6.45) is -0.275. The van der Waals surface area contributed by atoms with Crippen LogP contribution < -0.4 is 0 Å². The molecule has 2 heteroatoms. The van der Waals surface area contributed by atoms with Crippen molar-refractivity contribution in [2.45, 2.75) is 53.3 Å². The Hall–Kier alpha value is -0.860. The summed E-state index contributed by atoms with van der Waals surface area (Å²) in [4.78, 5) is 2.31. The molecule has 1 aromatic rings. The minimum Gasteiger partial charge on any atom is -0.392 e. The fourth-order valence-corrected chi connectivity index (χ4v) is 1.99. The number of hydrogen-bond acceptors (Lipinski definition) is 2. The lowest BCUT2D eigenvalue weighted by molar-refractivity contribution is 0.103. The SMILES string of the molecule is Cc1ccc(C)c(CN(CC(C)O)C(C)C)c1. The summed E-state index contributed by atoms with van der Waals surface area (Å²) >= 11 is 0. The Morgan fingerprint density at radius 1 is 1.18 bits per heavy atom. The Kier molecular flexibility index (Phi) is 5.16. The van der Waals surface area contributed by atoms with Gasteiger partial charge in [-0.1, -0.05) is 23.8 Å². The third kappa shape index (κ3) is 4.49. The van der Waals surface area contributed by atoms with Crippen molar-refractivity contribution in [3.8, 4) is 0 Å². The van der Waals surface area contributed by atoms with Crippen molar-refractivity contribution < 1.29 is 5.11 Å². The van der Waals surface area contributed by atoms with Gasteiger partial charge in [-0.25, -0.2) is 0 Å². The van der Waals surface area contributed by atoms with E-state index in [1.54, 1.807) is 0 Å². The van der Waals surface area contributed by atoms with Gasteiger partial charge in [-0.2, -0.15) is 0 Å². The first-order valence-corrected chi connectivity index (χ1v) is 6.38. The van der Waals surface area contributed by atoms with Gasteiger partial charge in [0.05, 0.1) is 6.10 Å². The summed E-state index contributed by atoms with van der Waals surface area (Å²) < 4.78 is 0. The van der Waals surface area contributed by atoms with Crippen LogP contribution in [0.25, 0.3) is 0 Å². The van der Waals surface area contributed by atoms with E-state index in [1.807, 2.05) is 6.92 Å².